The van der Waals surface area contributed by atoms with Gasteiger partial charge in [0.1, 0.15) is 35.0 Å². The van der Waals surface area contributed by atoms with E-state index in [0.717, 1.165) is 68.6 Å². The minimum absolute atomic E-state index is 0.0373. The van der Waals surface area contributed by atoms with E-state index in [1.165, 1.54) is 44.6 Å². The van der Waals surface area contributed by atoms with Crippen LogP contribution in [0.4, 0.5) is 22.1 Å². The van der Waals surface area contributed by atoms with Crippen LogP contribution in [0.2, 0.25) is 5.02 Å². The number of hydrogen-bond acceptors (Lipinski definition) is 8. The molecule has 3 unspecified atom stereocenters. The molecular formula is C39H54ClN7OS. The average Bonchev–Trinajstić information content (AvgIpc) is 3.42. The first kappa shape index (κ1) is 41.5. The van der Waals surface area contributed by atoms with E-state index in [-0.39, 0.29) is 33.0 Å². The molecular weight excluding hydrogens is 650 g/mol. The Balaban J connectivity index is 2.66. The zero-order valence-electron chi connectivity index (χ0n) is 30.3. The van der Waals surface area contributed by atoms with Gasteiger partial charge >= 0.3 is 0 Å². The quantitative estimate of drug-likeness (QED) is 0.0963. The number of carbonyl (C=O) groups excluding carboxylic acids is 1. The fourth-order valence-corrected chi connectivity index (χ4v) is 7.12. The number of carbonyl (C=O) groups is 1. The maximum absolute atomic E-state index is 13.6. The molecule has 10 heteroatoms. The van der Waals surface area contributed by atoms with Crippen molar-refractivity contribution < 1.29 is 4.79 Å². The van der Waals surface area contributed by atoms with E-state index in [0.29, 0.717) is 28.1 Å². The number of benzene rings is 1. The molecule has 0 aliphatic carbocycles. The molecule has 0 saturated carbocycles. The van der Waals surface area contributed by atoms with Crippen molar-refractivity contribution in [2.45, 2.75) is 119 Å². The fraction of sp³-hybridized carbons (Fsp3) is 0.590. The highest BCUT2D eigenvalue weighted by Gasteiger charge is 2.22. The van der Waals surface area contributed by atoms with Gasteiger partial charge in [0.2, 0.25) is 5.91 Å². The first-order chi connectivity index (χ1) is 23.7. The van der Waals surface area contributed by atoms with Gasteiger partial charge in [-0.3, -0.25) is 4.79 Å². The molecule has 1 N–H and O–H groups in total. The molecule has 2 rings (SSSR count). The van der Waals surface area contributed by atoms with Gasteiger partial charge in [-0.1, -0.05) is 105 Å². The lowest BCUT2D eigenvalue weighted by atomic mass is 9.95. The maximum atomic E-state index is 13.6. The van der Waals surface area contributed by atoms with Crippen LogP contribution in [-0.2, 0) is 4.79 Å². The monoisotopic (exact) mass is 703 g/mol. The van der Waals surface area contributed by atoms with E-state index >= 15 is 0 Å². The lowest BCUT2D eigenvalue weighted by Crippen LogP contribution is -2.34. The van der Waals surface area contributed by atoms with Crippen LogP contribution in [0.25, 0.3) is 6.08 Å². The topological polar surface area (TPSA) is 128 Å². The molecule has 1 amide bonds. The number of thiophene rings is 1. The Morgan fingerprint density at radius 1 is 0.898 bits per heavy atom. The number of allylic oxidation sites excluding steroid dienone is 1. The number of anilines is 2. The zero-order chi connectivity index (χ0) is 36.2. The third-order valence-corrected chi connectivity index (χ3v) is 10.7. The van der Waals surface area contributed by atoms with E-state index < -0.39 is 0 Å². The molecule has 0 aliphatic rings. The van der Waals surface area contributed by atoms with Crippen LogP contribution < -0.4 is 10.2 Å². The number of nitrogens with one attached hydrogen (secondary N) is 1. The van der Waals surface area contributed by atoms with Crippen molar-refractivity contribution in [3.8, 4) is 18.2 Å². The van der Waals surface area contributed by atoms with Crippen LogP contribution in [0.3, 0.4) is 0 Å². The second kappa shape index (κ2) is 22.8. The molecule has 0 aliphatic heterocycles. The standard InChI is InChI=1S/C39H54ClN7OS/c1-7-13-16-28(10-4)26-47(27-29(11-5)17-14-8-2)32-19-20-34(35(22-32)44-38(48)31(12-6)18-15-9-3)45-46-39-33(25-43)37(40)36(49-39)21-30(23-41)24-42/h19-22,28-29,31H,7-18,26-27H2,1-6H3,(H,44,48). The van der Waals surface area contributed by atoms with Crippen LogP contribution in [0.1, 0.15) is 129 Å². The Labute approximate surface area is 303 Å². The van der Waals surface area contributed by atoms with E-state index in [9.17, 15) is 20.6 Å². The van der Waals surface area contributed by atoms with Crippen molar-refractivity contribution in [1.82, 2.24) is 0 Å². The van der Waals surface area contributed by atoms with Gasteiger partial charge in [-0.15, -0.1) is 21.6 Å². The molecule has 1 aromatic carbocycles. The summed E-state index contributed by atoms with van der Waals surface area (Å²) in [5.74, 6) is 0.980. The number of rotatable bonds is 22. The van der Waals surface area contributed by atoms with Gasteiger partial charge in [-0.25, -0.2) is 0 Å². The number of nitriles is 3. The molecule has 2 aromatic rings. The van der Waals surface area contributed by atoms with Gasteiger partial charge in [-0.05, 0) is 61.8 Å². The number of nitrogens with zero attached hydrogens (tertiary/aromatic N) is 6. The van der Waals surface area contributed by atoms with Crippen molar-refractivity contribution in [3.63, 3.8) is 0 Å². The van der Waals surface area contributed by atoms with Crippen LogP contribution >= 0.6 is 22.9 Å². The second-order valence-corrected chi connectivity index (χ2v) is 14.1. The first-order valence-corrected chi connectivity index (χ1v) is 19.3. The van der Waals surface area contributed by atoms with Gasteiger partial charge < -0.3 is 10.2 Å². The Morgan fingerprint density at radius 2 is 1.49 bits per heavy atom. The highest BCUT2D eigenvalue weighted by molar-refractivity contribution is 7.17. The third kappa shape index (κ3) is 12.9. The van der Waals surface area contributed by atoms with Crippen molar-refractivity contribution in [2.24, 2.45) is 28.0 Å². The molecule has 0 fully saturated rings. The van der Waals surface area contributed by atoms with E-state index in [4.69, 9.17) is 11.6 Å². The number of hydrogen-bond donors (Lipinski definition) is 1. The smallest absolute Gasteiger partial charge is 0.227 e. The molecule has 0 bridgehead atoms. The van der Waals surface area contributed by atoms with Crippen LogP contribution in [0.5, 0.6) is 0 Å². The fourth-order valence-electron chi connectivity index (χ4n) is 5.85. The molecule has 49 heavy (non-hydrogen) atoms. The highest BCUT2D eigenvalue weighted by atomic mass is 35.5. The van der Waals surface area contributed by atoms with Gasteiger partial charge in [-0.2, -0.15) is 15.8 Å². The molecule has 0 saturated heterocycles. The summed E-state index contributed by atoms with van der Waals surface area (Å²) in [5, 5.41) is 40.8. The normalized spacial score (nSPS) is 12.8. The Bertz CT molecular complexity index is 1490. The number of azo groups is 1. The lowest BCUT2D eigenvalue weighted by Gasteiger charge is -2.33. The van der Waals surface area contributed by atoms with Gasteiger partial charge in [0.25, 0.3) is 0 Å². The minimum Gasteiger partial charge on any atom is -0.371 e. The summed E-state index contributed by atoms with van der Waals surface area (Å²) in [6.07, 6.45) is 14.3. The molecule has 264 valence electrons. The molecule has 8 nitrogen and oxygen atoms in total. The number of halogens is 1. The van der Waals surface area contributed by atoms with E-state index in [1.54, 1.807) is 0 Å². The molecule has 1 aromatic heterocycles. The first-order valence-electron chi connectivity index (χ1n) is 18.1. The lowest BCUT2D eigenvalue weighted by molar-refractivity contribution is -0.120. The summed E-state index contributed by atoms with van der Waals surface area (Å²) in [5.41, 5.74) is 2.08. The van der Waals surface area contributed by atoms with Gasteiger partial charge in [0.05, 0.1) is 15.6 Å². The zero-order valence-corrected chi connectivity index (χ0v) is 31.9. The molecule has 0 spiro atoms. The van der Waals surface area contributed by atoms with Crippen molar-refractivity contribution in [3.05, 3.63) is 39.2 Å². The summed E-state index contributed by atoms with van der Waals surface area (Å²) in [6, 6.07) is 11.7. The highest BCUT2D eigenvalue weighted by Crippen LogP contribution is 2.42. The SMILES string of the molecule is CCCCC(CC)CN(CC(CC)CCCC)c1ccc(N=Nc2sc(C=C(C#N)C#N)c(Cl)c2C#N)c(NC(=O)C(CC)CCCC)c1. The second-order valence-electron chi connectivity index (χ2n) is 12.7. The van der Waals surface area contributed by atoms with Crippen LogP contribution in [0, 0.1) is 51.7 Å². The summed E-state index contributed by atoms with van der Waals surface area (Å²) in [7, 11) is 0. The summed E-state index contributed by atoms with van der Waals surface area (Å²) >= 11 is 7.52. The number of unbranched alkanes of at least 4 members (excludes halogenated alkanes) is 3. The Morgan fingerprint density at radius 3 is 2.00 bits per heavy atom. The molecule has 3 atom stereocenters. The van der Waals surface area contributed by atoms with Crippen LogP contribution in [-0.4, -0.2) is 19.0 Å². The third-order valence-electron chi connectivity index (χ3n) is 9.15. The van der Waals surface area contributed by atoms with Crippen LogP contribution in [0.15, 0.2) is 34.0 Å². The van der Waals surface area contributed by atoms with Gasteiger partial charge in [0, 0.05) is 24.7 Å². The van der Waals surface area contributed by atoms with Crippen molar-refractivity contribution in [1.29, 1.82) is 15.8 Å². The van der Waals surface area contributed by atoms with Gasteiger partial charge in [0.15, 0.2) is 5.00 Å². The predicted molar refractivity (Wildman–Crippen MR) is 205 cm³/mol. The maximum Gasteiger partial charge on any atom is 0.227 e. The summed E-state index contributed by atoms with van der Waals surface area (Å²) < 4.78 is 0. The van der Waals surface area contributed by atoms with E-state index in [1.807, 2.05) is 31.2 Å². The summed E-state index contributed by atoms with van der Waals surface area (Å²) in [4.78, 5) is 16.5. The minimum atomic E-state index is -0.130. The Hall–Kier alpha value is -3.71. The number of amides is 1. The molecule has 0 radical (unpaired) electrons. The average molecular weight is 704 g/mol. The molecule has 1 heterocycles. The predicted octanol–water partition coefficient (Wildman–Crippen LogP) is 12.5. The van der Waals surface area contributed by atoms with Crippen molar-refractivity contribution in [2.75, 3.05) is 23.3 Å². The Kier molecular flexibility index (Phi) is 19.3. The summed E-state index contributed by atoms with van der Waals surface area (Å²) in [6.45, 7) is 15.1. The largest absolute Gasteiger partial charge is 0.371 e. The van der Waals surface area contributed by atoms with Crippen molar-refractivity contribution >= 4 is 57.0 Å². The van der Waals surface area contributed by atoms with E-state index in [2.05, 4.69) is 67.2 Å².